The average Bonchev–Trinajstić information content (AvgIpc) is 2.06. The predicted octanol–water partition coefficient (Wildman–Crippen LogP) is 2.92. The molecule has 0 spiro atoms. The van der Waals surface area contributed by atoms with E-state index >= 15 is 0 Å². The van der Waals surface area contributed by atoms with E-state index in [-0.39, 0.29) is 12.4 Å². The lowest BCUT2D eigenvalue weighted by Crippen LogP contribution is -2.01. The third kappa shape index (κ3) is 14.0. The first-order valence-electron chi connectivity index (χ1n) is 3.36. The van der Waals surface area contributed by atoms with Gasteiger partial charge < -0.3 is 9.57 Å². The maximum atomic E-state index is 9.71. The van der Waals surface area contributed by atoms with Crippen LogP contribution in [-0.2, 0) is 9.57 Å². The van der Waals surface area contributed by atoms with Crippen molar-refractivity contribution < 1.29 is 14.4 Å². The molecule has 1 rings (SSSR count). The molecule has 0 bridgehead atoms. The number of rotatable bonds is 1. The molecule has 0 aromatic heterocycles. The van der Waals surface area contributed by atoms with Gasteiger partial charge in [0.05, 0.1) is 0 Å². The third-order valence-electron chi connectivity index (χ3n) is 0.745. The topological polar surface area (TPSA) is 47.6 Å². The molecule has 82 valence electrons. The summed E-state index contributed by atoms with van der Waals surface area (Å²) in [5.74, 6) is 0. The molecule has 0 aromatic carbocycles. The first kappa shape index (κ1) is 15.9. The van der Waals surface area contributed by atoms with Gasteiger partial charge in [0.2, 0.25) is 0 Å². The molecule has 0 amide bonds. The van der Waals surface area contributed by atoms with Gasteiger partial charge >= 0.3 is 5.43 Å². The molecule has 1 heterocycles. The summed E-state index contributed by atoms with van der Waals surface area (Å²) in [7, 11) is 0. The monoisotopic (exact) mass is 261 g/mol. The van der Waals surface area contributed by atoms with Gasteiger partial charge in [-0.2, -0.15) is 0 Å². The number of allylic oxidation sites excluding steroid dienone is 2. The highest BCUT2D eigenvalue weighted by molar-refractivity contribution is 6.61. The van der Waals surface area contributed by atoms with E-state index in [9.17, 15) is 4.79 Å². The van der Waals surface area contributed by atoms with Crippen molar-refractivity contribution in [1.82, 2.24) is 5.48 Å². The molecular weight excluding hydrogens is 252 g/mol. The van der Waals surface area contributed by atoms with Crippen molar-refractivity contribution in [2.45, 2.75) is 12.5 Å². The number of carbonyl (C=O) groups is 1. The number of alkyl halides is 1. The van der Waals surface area contributed by atoms with Crippen molar-refractivity contribution in [2.24, 2.45) is 0 Å². The second-order valence-electron chi connectivity index (χ2n) is 1.82. The number of hydroxylamine groups is 1. The Labute approximate surface area is 98.2 Å². The van der Waals surface area contributed by atoms with E-state index in [0.29, 0.717) is 0 Å². The smallest absolute Gasteiger partial charge is 0.405 e. The van der Waals surface area contributed by atoms with Crippen LogP contribution in [-0.4, -0.2) is 11.0 Å². The van der Waals surface area contributed by atoms with Crippen LogP contribution < -0.4 is 5.48 Å². The summed E-state index contributed by atoms with van der Waals surface area (Å²) < 4.78 is 4.14. The van der Waals surface area contributed by atoms with Gasteiger partial charge in [0.25, 0.3) is 0 Å². The Balaban J connectivity index is 0. The van der Waals surface area contributed by atoms with Crippen LogP contribution in [0.15, 0.2) is 24.6 Å². The minimum Gasteiger partial charge on any atom is -0.434 e. The fourth-order valence-electron chi connectivity index (χ4n) is 0.386. The molecule has 7 heteroatoms. The number of hydrogen-bond donors (Lipinski definition) is 1. The van der Waals surface area contributed by atoms with Gasteiger partial charge in [-0.1, -0.05) is 11.6 Å². The summed E-state index contributed by atoms with van der Waals surface area (Å²) in [4.78, 5) is 14.3. The molecule has 1 aliphatic heterocycles. The molecule has 14 heavy (non-hydrogen) atoms. The maximum Gasteiger partial charge on any atom is 0.405 e. The second kappa shape index (κ2) is 10.5. The van der Waals surface area contributed by atoms with Crippen LogP contribution in [0.5, 0.6) is 0 Å². The van der Waals surface area contributed by atoms with E-state index < -0.39 is 11.0 Å². The summed E-state index contributed by atoms with van der Waals surface area (Å²) in [6.07, 6.45) is 6.93. The summed E-state index contributed by atoms with van der Waals surface area (Å²) >= 11 is 9.87. The van der Waals surface area contributed by atoms with E-state index in [4.69, 9.17) is 23.2 Å². The summed E-state index contributed by atoms with van der Waals surface area (Å²) in [5.41, 5.74) is 1.01. The fourth-order valence-corrected chi connectivity index (χ4v) is 0.646. The van der Waals surface area contributed by atoms with Crippen LogP contribution in [0.25, 0.3) is 0 Å². The van der Waals surface area contributed by atoms with Crippen molar-refractivity contribution in [1.29, 1.82) is 0 Å². The van der Waals surface area contributed by atoms with Crippen LogP contribution in [0.1, 0.15) is 6.92 Å². The van der Waals surface area contributed by atoms with Crippen LogP contribution >= 0.6 is 35.6 Å². The molecule has 1 N–H and O–H groups in total. The van der Waals surface area contributed by atoms with Crippen molar-refractivity contribution in [3.8, 4) is 0 Å². The summed E-state index contributed by atoms with van der Waals surface area (Å²) in [5, 5.41) is 0. The Morgan fingerprint density at radius 2 is 2.21 bits per heavy atom. The summed E-state index contributed by atoms with van der Waals surface area (Å²) in [6, 6.07) is 0. The minimum atomic E-state index is -0.873. The highest BCUT2D eigenvalue weighted by Crippen LogP contribution is 1.98. The van der Waals surface area contributed by atoms with Crippen molar-refractivity contribution >= 4 is 41.0 Å². The van der Waals surface area contributed by atoms with Gasteiger partial charge in [0.1, 0.15) is 6.26 Å². The van der Waals surface area contributed by atoms with Gasteiger partial charge in [0.15, 0.2) is 5.56 Å². The van der Waals surface area contributed by atoms with Gasteiger partial charge in [-0.15, -0.1) is 12.4 Å². The normalized spacial score (nSPS) is 13.4. The van der Waals surface area contributed by atoms with E-state index in [1.165, 1.54) is 6.92 Å². The standard InChI is InChI=1S/C4H5NO.C3H4Cl2O2.ClH/c1-2-4-6-5-3-1;1-2(4)7-3(5)6;/h1-5H;2H,1H3;1H. The molecule has 1 atom stereocenters. The van der Waals surface area contributed by atoms with Crippen LogP contribution in [0.4, 0.5) is 4.79 Å². The van der Waals surface area contributed by atoms with Crippen LogP contribution in [0.2, 0.25) is 0 Å². The highest BCUT2D eigenvalue weighted by atomic mass is 35.5. The molecule has 0 saturated carbocycles. The van der Waals surface area contributed by atoms with Crippen LogP contribution in [0.3, 0.4) is 0 Å². The molecule has 0 saturated heterocycles. The zero-order valence-corrected chi connectivity index (χ0v) is 9.60. The molecule has 0 fully saturated rings. The number of ether oxygens (including phenoxy) is 1. The molecular formula is C7H10Cl3NO3. The molecule has 0 aromatic rings. The Hall–Kier alpha value is -0.580. The largest absolute Gasteiger partial charge is 0.434 e. The fraction of sp³-hybridized carbons (Fsp3) is 0.286. The highest BCUT2D eigenvalue weighted by Gasteiger charge is 1.98. The first-order valence-corrected chi connectivity index (χ1v) is 4.17. The zero-order valence-electron chi connectivity index (χ0n) is 7.28. The second-order valence-corrected chi connectivity index (χ2v) is 2.75. The van der Waals surface area contributed by atoms with Crippen molar-refractivity contribution in [3.05, 3.63) is 24.6 Å². The third-order valence-corrected chi connectivity index (χ3v) is 0.923. The zero-order chi connectivity index (χ0) is 10.1. The lowest BCUT2D eigenvalue weighted by molar-refractivity contribution is 0.166. The minimum absolute atomic E-state index is 0. The van der Waals surface area contributed by atoms with Gasteiger partial charge in [0, 0.05) is 17.8 Å². The molecule has 0 radical (unpaired) electrons. The SMILES string of the molecule is C1=CNOC=C1.CC(Cl)OC(=O)Cl.Cl. The molecule has 4 nitrogen and oxygen atoms in total. The first-order chi connectivity index (χ1) is 6.13. The lowest BCUT2D eigenvalue weighted by Gasteiger charge is -1.97. The maximum absolute atomic E-state index is 9.71. The molecule has 1 unspecified atom stereocenters. The van der Waals surface area contributed by atoms with Gasteiger partial charge in [-0.3, -0.25) is 0 Å². The van der Waals surface area contributed by atoms with E-state index in [1.54, 1.807) is 18.5 Å². The van der Waals surface area contributed by atoms with Gasteiger partial charge in [-0.05, 0) is 19.1 Å². The molecule has 0 aliphatic carbocycles. The Morgan fingerprint density at radius 3 is 2.29 bits per heavy atom. The quantitative estimate of drug-likeness (QED) is 0.583. The number of carbonyl (C=O) groups excluding carboxylic acids is 1. The Morgan fingerprint density at radius 1 is 1.57 bits per heavy atom. The predicted molar refractivity (Wildman–Crippen MR) is 57.4 cm³/mol. The van der Waals surface area contributed by atoms with E-state index in [0.717, 1.165) is 0 Å². The number of hydrogen-bond acceptors (Lipinski definition) is 4. The van der Waals surface area contributed by atoms with Crippen molar-refractivity contribution in [3.63, 3.8) is 0 Å². The lowest BCUT2D eigenvalue weighted by atomic mass is 10.6. The van der Waals surface area contributed by atoms with Crippen LogP contribution in [0, 0.1) is 0 Å². The van der Waals surface area contributed by atoms with E-state index in [2.05, 4.69) is 15.1 Å². The average molecular weight is 263 g/mol. The number of halogens is 3. The molecule has 1 aliphatic rings. The van der Waals surface area contributed by atoms with E-state index in [1.807, 2.05) is 6.08 Å². The van der Waals surface area contributed by atoms with Gasteiger partial charge in [-0.25, -0.2) is 10.3 Å². The Bertz CT molecular complexity index is 194. The summed E-state index contributed by atoms with van der Waals surface area (Å²) in [6.45, 7) is 1.50. The Kier molecular flexibility index (Phi) is 11.9. The number of nitrogens with one attached hydrogen (secondary N) is 1. The van der Waals surface area contributed by atoms with Crippen molar-refractivity contribution in [2.75, 3.05) is 0 Å².